The molecule has 0 amide bonds. The van der Waals surface area contributed by atoms with Crippen molar-refractivity contribution < 1.29 is 9.15 Å². The van der Waals surface area contributed by atoms with Crippen LogP contribution in [0.25, 0.3) is 22.2 Å². The summed E-state index contributed by atoms with van der Waals surface area (Å²) in [6.45, 7) is 3.96. The van der Waals surface area contributed by atoms with E-state index in [1.54, 1.807) is 0 Å². The average molecular weight is 539 g/mol. The standard InChI is InChI=1S/C26H26IN3O2/c1-2-18-9-11-20(12-10-18)21-22-24(31-23(21)27)29-17-30-25(22)32-26(13-6-14-28-16-26)15-19-7-4-3-5-8-19/h3-5,7-12,17,28H,2,6,13-16H2,1H3/t26-/m1/s1. The molecule has 4 aromatic rings. The second kappa shape index (κ2) is 9.19. The Morgan fingerprint density at radius 1 is 1.06 bits per heavy atom. The minimum atomic E-state index is -0.368. The van der Waals surface area contributed by atoms with E-state index in [-0.39, 0.29) is 5.60 Å². The number of piperidine rings is 1. The first kappa shape index (κ1) is 21.4. The molecule has 6 heteroatoms. The van der Waals surface area contributed by atoms with Crippen LogP contribution in [0.15, 0.2) is 65.3 Å². The van der Waals surface area contributed by atoms with Gasteiger partial charge in [0.15, 0.2) is 3.77 Å². The summed E-state index contributed by atoms with van der Waals surface area (Å²) < 4.78 is 13.6. The summed E-state index contributed by atoms with van der Waals surface area (Å²) in [6.07, 6.45) is 5.40. The first-order valence-corrected chi connectivity index (χ1v) is 12.2. The lowest BCUT2D eigenvalue weighted by molar-refractivity contribution is 0.0401. The van der Waals surface area contributed by atoms with Gasteiger partial charge < -0.3 is 14.5 Å². The molecule has 0 spiro atoms. The topological polar surface area (TPSA) is 60.2 Å². The van der Waals surface area contributed by atoms with E-state index in [1.807, 2.05) is 6.07 Å². The van der Waals surface area contributed by atoms with Gasteiger partial charge in [0.2, 0.25) is 11.6 Å². The summed E-state index contributed by atoms with van der Waals surface area (Å²) >= 11 is 2.24. The maximum absolute atomic E-state index is 6.80. The number of aryl methyl sites for hydroxylation is 1. The molecule has 1 atom stereocenters. The number of ether oxygens (including phenoxy) is 1. The highest BCUT2D eigenvalue weighted by atomic mass is 127. The van der Waals surface area contributed by atoms with Gasteiger partial charge in [0.1, 0.15) is 17.3 Å². The van der Waals surface area contributed by atoms with Crippen molar-refractivity contribution in [3.63, 3.8) is 0 Å². The van der Waals surface area contributed by atoms with Crippen LogP contribution < -0.4 is 10.1 Å². The maximum Gasteiger partial charge on any atom is 0.235 e. The van der Waals surface area contributed by atoms with E-state index in [1.165, 1.54) is 17.5 Å². The van der Waals surface area contributed by atoms with Crippen LogP contribution in [-0.4, -0.2) is 28.7 Å². The number of aromatic nitrogens is 2. The highest BCUT2D eigenvalue weighted by Gasteiger charge is 2.36. The molecule has 3 heterocycles. The van der Waals surface area contributed by atoms with E-state index >= 15 is 0 Å². The Morgan fingerprint density at radius 2 is 1.88 bits per heavy atom. The van der Waals surface area contributed by atoms with Gasteiger partial charge in [-0.15, -0.1) is 0 Å². The van der Waals surface area contributed by atoms with Crippen LogP contribution in [0, 0.1) is 3.77 Å². The van der Waals surface area contributed by atoms with Gasteiger partial charge in [-0.05, 0) is 42.5 Å². The van der Waals surface area contributed by atoms with E-state index in [2.05, 4.69) is 93.3 Å². The van der Waals surface area contributed by atoms with Gasteiger partial charge >= 0.3 is 0 Å². The van der Waals surface area contributed by atoms with Crippen LogP contribution in [0.5, 0.6) is 5.88 Å². The quantitative estimate of drug-likeness (QED) is 0.314. The number of fused-ring (bicyclic) bond motifs is 1. The van der Waals surface area contributed by atoms with Gasteiger partial charge in [0.05, 0.1) is 0 Å². The summed E-state index contributed by atoms with van der Waals surface area (Å²) in [7, 11) is 0. The van der Waals surface area contributed by atoms with Crippen molar-refractivity contribution in [3.05, 3.63) is 75.8 Å². The predicted octanol–water partition coefficient (Wildman–Crippen LogP) is 5.80. The van der Waals surface area contributed by atoms with Crippen LogP contribution in [0.2, 0.25) is 0 Å². The van der Waals surface area contributed by atoms with Crippen molar-refractivity contribution >= 4 is 33.7 Å². The van der Waals surface area contributed by atoms with Crippen LogP contribution in [0.4, 0.5) is 0 Å². The molecule has 0 aliphatic carbocycles. The first-order valence-electron chi connectivity index (χ1n) is 11.1. The Hall–Kier alpha value is -2.45. The van der Waals surface area contributed by atoms with E-state index in [4.69, 9.17) is 9.15 Å². The fraction of sp³-hybridized carbons (Fsp3) is 0.308. The average Bonchev–Trinajstić information content (AvgIpc) is 3.17. The van der Waals surface area contributed by atoms with E-state index < -0.39 is 0 Å². The summed E-state index contributed by atoms with van der Waals surface area (Å²) in [5, 5.41) is 4.38. The molecule has 5 rings (SSSR count). The van der Waals surface area contributed by atoms with Gasteiger partial charge in [-0.2, -0.15) is 0 Å². The maximum atomic E-state index is 6.80. The Labute approximate surface area is 201 Å². The number of benzene rings is 2. The Bertz CT molecular complexity index is 1200. The fourth-order valence-electron chi connectivity index (χ4n) is 4.51. The van der Waals surface area contributed by atoms with Crippen molar-refractivity contribution in [3.8, 4) is 17.0 Å². The molecule has 0 bridgehead atoms. The van der Waals surface area contributed by atoms with Gasteiger partial charge in [-0.1, -0.05) is 61.5 Å². The van der Waals surface area contributed by atoms with Crippen LogP contribution in [-0.2, 0) is 12.8 Å². The number of hydrogen-bond donors (Lipinski definition) is 1. The molecular weight excluding hydrogens is 513 g/mol. The minimum Gasteiger partial charge on any atom is -0.469 e. The molecule has 5 nitrogen and oxygen atoms in total. The molecule has 1 fully saturated rings. The monoisotopic (exact) mass is 539 g/mol. The van der Waals surface area contributed by atoms with Crippen LogP contribution >= 0.6 is 22.6 Å². The Kier molecular flexibility index (Phi) is 6.15. The number of halogens is 1. The lowest BCUT2D eigenvalue weighted by Crippen LogP contribution is -2.51. The van der Waals surface area contributed by atoms with Crippen LogP contribution in [0.1, 0.15) is 30.9 Å². The Balaban J connectivity index is 1.58. The van der Waals surface area contributed by atoms with Gasteiger partial charge in [0, 0.05) is 41.1 Å². The summed E-state index contributed by atoms with van der Waals surface area (Å²) in [4.78, 5) is 9.00. The molecule has 2 aromatic carbocycles. The van der Waals surface area contributed by atoms with Crippen molar-refractivity contribution in [2.45, 2.75) is 38.2 Å². The predicted molar refractivity (Wildman–Crippen MR) is 135 cm³/mol. The zero-order valence-corrected chi connectivity index (χ0v) is 20.3. The minimum absolute atomic E-state index is 0.368. The highest BCUT2D eigenvalue weighted by Crippen LogP contribution is 2.41. The lowest BCUT2D eigenvalue weighted by atomic mass is 9.87. The fourth-order valence-corrected chi connectivity index (χ4v) is 5.30. The van der Waals surface area contributed by atoms with Gasteiger partial charge in [-0.25, -0.2) is 9.97 Å². The molecule has 2 aromatic heterocycles. The highest BCUT2D eigenvalue weighted by molar-refractivity contribution is 14.1. The zero-order chi connectivity index (χ0) is 22.0. The molecule has 164 valence electrons. The third-order valence-electron chi connectivity index (χ3n) is 6.18. The second-order valence-corrected chi connectivity index (χ2v) is 9.37. The normalized spacial score (nSPS) is 18.7. The number of rotatable bonds is 6. The molecule has 1 aliphatic heterocycles. The smallest absolute Gasteiger partial charge is 0.235 e. The van der Waals surface area contributed by atoms with E-state index in [0.717, 1.165) is 59.1 Å². The van der Waals surface area contributed by atoms with E-state index in [9.17, 15) is 0 Å². The van der Waals surface area contributed by atoms with Crippen LogP contribution in [0.3, 0.4) is 0 Å². The number of furan rings is 1. The van der Waals surface area contributed by atoms with Crippen molar-refractivity contribution in [2.24, 2.45) is 0 Å². The SMILES string of the molecule is CCc1ccc(-c2c(I)oc3ncnc(O[C@@]4(Cc5ccccc5)CCCNC4)c23)cc1. The Morgan fingerprint density at radius 3 is 2.59 bits per heavy atom. The molecule has 0 saturated carbocycles. The molecular formula is C26H26IN3O2. The van der Waals surface area contributed by atoms with Gasteiger partial charge in [-0.3, -0.25) is 0 Å². The van der Waals surface area contributed by atoms with Crippen molar-refractivity contribution in [1.82, 2.24) is 15.3 Å². The molecule has 0 unspecified atom stereocenters. The summed E-state index contributed by atoms with van der Waals surface area (Å²) in [5.41, 5.74) is 4.85. The largest absolute Gasteiger partial charge is 0.469 e. The summed E-state index contributed by atoms with van der Waals surface area (Å²) in [6, 6.07) is 19.2. The van der Waals surface area contributed by atoms with E-state index in [0.29, 0.717) is 11.6 Å². The number of nitrogens with zero attached hydrogens (tertiary/aromatic N) is 2. The first-order chi connectivity index (χ1) is 15.7. The lowest BCUT2D eigenvalue weighted by Gasteiger charge is -2.38. The van der Waals surface area contributed by atoms with Gasteiger partial charge in [0.25, 0.3) is 0 Å². The number of hydrogen-bond acceptors (Lipinski definition) is 5. The molecule has 0 radical (unpaired) electrons. The van der Waals surface area contributed by atoms with Crippen molar-refractivity contribution in [1.29, 1.82) is 0 Å². The number of nitrogens with one attached hydrogen (secondary N) is 1. The summed E-state index contributed by atoms with van der Waals surface area (Å²) in [5.74, 6) is 0.593. The molecule has 1 saturated heterocycles. The molecule has 32 heavy (non-hydrogen) atoms. The zero-order valence-electron chi connectivity index (χ0n) is 18.1. The third kappa shape index (κ3) is 4.26. The second-order valence-electron chi connectivity index (χ2n) is 8.39. The van der Waals surface area contributed by atoms with Crippen molar-refractivity contribution in [2.75, 3.05) is 13.1 Å². The molecule has 1 N–H and O–H groups in total. The third-order valence-corrected chi connectivity index (χ3v) is 6.94. The molecule has 1 aliphatic rings.